The highest BCUT2D eigenvalue weighted by atomic mass is 19.4. The van der Waals surface area contributed by atoms with Crippen LogP contribution in [-0.2, 0) is 11.0 Å². The average molecular weight is 463 g/mol. The van der Waals surface area contributed by atoms with E-state index < -0.39 is 29.6 Å². The fraction of sp³-hybridized carbons (Fsp3) is 0.154. The second-order valence-electron chi connectivity index (χ2n) is 8.28. The van der Waals surface area contributed by atoms with Gasteiger partial charge < -0.3 is 15.2 Å². The maximum atomic E-state index is 13.6. The number of alkyl halides is 3. The third-order valence-corrected chi connectivity index (χ3v) is 6.26. The van der Waals surface area contributed by atoms with E-state index in [2.05, 4.69) is 10.3 Å². The molecule has 2 atom stereocenters. The molecule has 2 N–H and O–H groups in total. The van der Waals surface area contributed by atoms with Crippen molar-refractivity contribution < 1.29 is 22.8 Å². The van der Waals surface area contributed by atoms with Gasteiger partial charge in [-0.2, -0.15) is 13.2 Å². The summed E-state index contributed by atoms with van der Waals surface area (Å²) in [7, 11) is 1.63. The van der Waals surface area contributed by atoms with Gasteiger partial charge in [0.15, 0.2) is 0 Å². The fourth-order valence-electron chi connectivity index (χ4n) is 4.68. The van der Waals surface area contributed by atoms with E-state index in [4.69, 9.17) is 0 Å². The molecule has 0 aliphatic carbocycles. The summed E-state index contributed by atoms with van der Waals surface area (Å²) in [6.45, 7) is 0. The topological polar surface area (TPSA) is 65.2 Å². The first kappa shape index (κ1) is 21.8. The zero-order valence-corrected chi connectivity index (χ0v) is 18.1. The van der Waals surface area contributed by atoms with E-state index in [0.29, 0.717) is 11.1 Å². The number of aromatic nitrogens is 1. The highest BCUT2D eigenvalue weighted by molar-refractivity contribution is 6.05. The van der Waals surface area contributed by atoms with Crippen molar-refractivity contribution in [1.29, 1.82) is 0 Å². The normalized spacial score (nSPS) is 18.1. The fourth-order valence-corrected chi connectivity index (χ4v) is 4.68. The molecule has 34 heavy (non-hydrogen) atoms. The minimum absolute atomic E-state index is 0.0366. The Morgan fingerprint density at radius 2 is 1.71 bits per heavy atom. The lowest BCUT2D eigenvalue weighted by Crippen LogP contribution is -2.44. The van der Waals surface area contributed by atoms with E-state index in [1.165, 1.54) is 17.0 Å². The molecule has 5 rings (SSSR count). The first-order valence-corrected chi connectivity index (χ1v) is 10.7. The third-order valence-electron chi connectivity index (χ3n) is 6.26. The Balaban J connectivity index is 1.61. The summed E-state index contributed by atoms with van der Waals surface area (Å²) in [6.07, 6.45) is -2.75. The number of hydrogen-bond donors (Lipinski definition) is 2. The molecule has 0 spiro atoms. The van der Waals surface area contributed by atoms with E-state index in [-0.39, 0.29) is 11.6 Å². The standard InChI is InChI=1S/C26H20F3N3O2/c1-32-23(20-14-30-21-12-5-4-9-17(20)21)22(18-10-2-3-11-19(18)25(32)34)24(33)31-16-8-6-7-15(13-16)26(27,28)29/h2-14,22-23,30H,1H3,(H,31,33)/t22-,23-/m1/s1. The smallest absolute Gasteiger partial charge is 0.361 e. The summed E-state index contributed by atoms with van der Waals surface area (Å²) >= 11 is 0. The quantitative estimate of drug-likeness (QED) is 0.407. The summed E-state index contributed by atoms with van der Waals surface area (Å²) in [5, 5.41) is 3.52. The summed E-state index contributed by atoms with van der Waals surface area (Å²) in [4.78, 5) is 31.5. The number of nitrogens with one attached hydrogen (secondary N) is 2. The number of fused-ring (bicyclic) bond motifs is 2. The molecular formula is C26H20F3N3O2. The van der Waals surface area contributed by atoms with E-state index in [1.54, 1.807) is 37.5 Å². The second kappa shape index (κ2) is 8.06. The molecule has 172 valence electrons. The van der Waals surface area contributed by atoms with Crippen LogP contribution >= 0.6 is 0 Å². The van der Waals surface area contributed by atoms with Crippen molar-refractivity contribution in [2.75, 3.05) is 12.4 Å². The number of para-hydroxylation sites is 1. The molecule has 0 saturated heterocycles. The van der Waals surface area contributed by atoms with E-state index >= 15 is 0 Å². The number of anilines is 1. The van der Waals surface area contributed by atoms with Crippen molar-refractivity contribution >= 4 is 28.4 Å². The third kappa shape index (κ3) is 3.61. The van der Waals surface area contributed by atoms with Gasteiger partial charge in [0.05, 0.1) is 17.5 Å². The maximum Gasteiger partial charge on any atom is 0.416 e. The molecule has 1 aliphatic heterocycles. The van der Waals surface area contributed by atoms with Crippen LogP contribution in [0.15, 0.2) is 79.0 Å². The highest BCUT2D eigenvalue weighted by Crippen LogP contribution is 2.44. The minimum Gasteiger partial charge on any atom is -0.361 e. The highest BCUT2D eigenvalue weighted by Gasteiger charge is 2.43. The van der Waals surface area contributed by atoms with Crippen LogP contribution in [0.2, 0.25) is 0 Å². The second-order valence-corrected chi connectivity index (χ2v) is 8.28. The lowest BCUT2D eigenvalue weighted by molar-refractivity contribution is -0.137. The first-order chi connectivity index (χ1) is 16.3. The molecular weight excluding hydrogens is 443 g/mol. The summed E-state index contributed by atoms with van der Waals surface area (Å²) in [5.74, 6) is -1.57. The Kier molecular flexibility index (Phi) is 5.16. The number of carbonyl (C=O) groups excluding carboxylic acids is 2. The predicted molar refractivity (Wildman–Crippen MR) is 122 cm³/mol. The number of hydrogen-bond acceptors (Lipinski definition) is 2. The van der Waals surface area contributed by atoms with Crippen LogP contribution in [0.5, 0.6) is 0 Å². The van der Waals surface area contributed by atoms with Crippen LogP contribution < -0.4 is 5.32 Å². The number of amides is 2. The van der Waals surface area contributed by atoms with Crippen LogP contribution in [0.1, 0.15) is 39.0 Å². The van der Waals surface area contributed by atoms with Crippen LogP contribution in [0.4, 0.5) is 18.9 Å². The molecule has 5 nitrogen and oxygen atoms in total. The molecule has 2 amide bonds. The van der Waals surface area contributed by atoms with E-state index in [9.17, 15) is 22.8 Å². The van der Waals surface area contributed by atoms with E-state index in [1.807, 2.05) is 24.3 Å². The van der Waals surface area contributed by atoms with Crippen LogP contribution in [-0.4, -0.2) is 28.7 Å². The van der Waals surface area contributed by atoms with Crippen molar-refractivity contribution in [3.8, 4) is 0 Å². The molecule has 8 heteroatoms. The zero-order valence-electron chi connectivity index (χ0n) is 18.1. The van der Waals surface area contributed by atoms with Crippen molar-refractivity contribution in [2.24, 2.45) is 0 Å². The number of likely N-dealkylation sites (N-methyl/N-ethyl adjacent to an activating group) is 1. The van der Waals surface area contributed by atoms with Crippen LogP contribution in [0.25, 0.3) is 10.9 Å². The van der Waals surface area contributed by atoms with Gasteiger partial charge in [0.1, 0.15) is 0 Å². The van der Waals surface area contributed by atoms with Gasteiger partial charge in [-0.15, -0.1) is 0 Å². The zero-order chi connectivity index (χ0) is 24.0. The monoisotopic (exact) mass is 463 g/mol. The molecule has 0 radical (unpaired) electrons. The molecule has 2 heterocycles. The minimum atomic E-state index is -4.53. The number of H-pyrrole nitrogens is 1. The molecule has 0 saturated carbocycles. The predicted octanol–water partition coefficient (Wildman–Crippen LogP) is 5.74. The molecule has 1 aliphatic rings. The van der Waals surface area contributed by atoms with Gasteiger partial charge in [-0.05, 0) is 35.9 Å². The number of nitrogens with zero attached hydrogens (tertiary/aromatic N) is 1. The largest absolute Gasteiger partial charge is 0.416 e. The van der Waals surface area contributed by atoms with Gasteiger partial charge in [-0.25, -0.2) is 0 Å². The molecule has 1 aromatic heterocycles. The Hall–Kier alpha value is -4.07. The number of rotatable bonds is 3. The summed E-state index contributed by atoms with van der Waals surface area (Å²) in [5.41, 5.74) is 1.72. The van der Waals surface area contributed by atoms with Crippen molar-refractivity contribution in [3.63, 3.8) is 0 Å². The molecule has 3 aromatic carbocycles. The number of benzene rings is 3. The van der Waals surface area contributed by atoms with Gasteiger partial charge in [-0.3, -0.25) is 9.59 Å². The van der Waals surface area contributed by atoms with Gasteiger partial charge >= 0.3 is 6.18 Å². The number of halogens is 3. The Morgan fingerprint density at radius 1 is 0.971 bits per heavy atom. The summed E-state index contributed by atoms with van der Waals surface area (Å²) in [6, 6.07) is 18.3. The molecule has 0 fully saturated rings. The molecule has 0 bridgehead atoms. The van der Waals surface area contributed by atoms with Crippen molar-refractivity contribution in [2.45, 2.75) is 18.1 Å². The first-order valence-electron chi connectivity index (χ1n) is 10.7. The molecule has 4 aromatic rings. The maximum absolute atomic E-state index is 13.6. The summed E-state index contributed by atoms with van der Waals surface area (Å²) < 4.78 is 39.6. The van der Waals surface area contributed by atoms with Crippen molar-refractivity contribution in [1.82, 2.24) is 9.88 Å². The van der Waals surface area contributed by atoms with Crippen LogP contribution in [0, 0.1) is 0 Å². The van der Waals surface area contributed by atoms with Gasteiger partial charge in [0.2, 0.25) is 5.91 Å². The SMILES string of the molecule is CN1C(=O)c2ccccc2[C@@H](C(=O)Nc2cccc(C(F)(F)F)c2)[C@H]1c1c[nH]c2ccccc12. The lowest BCUT2D eigenvalue weighted by atomic mass is 9.79. The van der Waals surface area contributed by atoms with Gasteiger partial charge in [0, 0.05) is 41.0 Å². The van der Waals surface area contributed by atoms with E-state index in [0.717, 1.165) is 28.6 Å². The molecule has 0 unspecified atom stereocenters. The average Bonchev–Trinajstić information content (AvgIpc) is 3.24. The van der Waals surface area contributed by atoms with Crippen LogP contribution in [0.3, 0.4) is 0 Å². The number of carbonyl (C=O) groups is 2. The Labute approximate surface area is 193 Å². The number of aromatic amines is 1. The van der Waals surface area contributed by atoms with Crippen molar-refractivity contribution in [3.05, 3.63) is 101 Å². The van der Waals surface area contributed by atoms with Gasteiger partial charge in [0.25, 0.3) is 5.91 Å². The lowest BCUT2D eigenvalue weighted by Gasteiger charge is -2.39. The Morgan fingerprint density at radius 3 is 2.50 bits per heavy atom. The Bertz CT molecular complexity index is 1410. The van der Waals surface area contributed by atoms with Gasteiger partial charge in [-0.1, -0.05) is 42.5 Å².